The molecule has 2 amide bonds. The van der Waals surface area contributed by atoms with Crippen molar-refractivity contribution >= 4 is 39.1 Å². The van der Waals surface area contributed by atoms with Crippen LogP contribution < -0.4 is 9.62 Å². The Morgan fingerprint density at radius 3 is 2.26 bits per heavy atom. The van der Waals surface area contributed by atoms with E-state index < -0.39 is 16.1 Å². The van der Waals surface area contributed by atoms with Gasteiger partial charge < -0.3 is 10.2 Å². The summed E-state index contributed by atoms with van der Waals surface area (Å²) in [5, 5.41) is 3.57. The minimum Gasteiger partial charge on any atom is -0.352 e. The van der Waals surface area contributed by atoms with Crippen molar-refractivity contribution in [2.24, 2.45) is 0 Å². The standard InChI is InChI=1S/C33H42ClN3O4S/c1-6-25(3)35-33(39)31(22-27-15-8-7-9-16-27)36(23-28-17-10-11-18-29(28)34)32(38)20-13-21-37(42(5,40)41)30-19-12-14-24(2)26(30)4/h7-12,14-19,25,31H,6,13,20-23H2,1-5H3,(H,35,39)/t25-,31+/m0/s1. The van der Waals surface area contributed by atoms with Gasteiger partial charge in [-0.15, -0.1) is 0 Å². The molecule has 0 unspecified atom stereocenters. The van der Waals surface area contributed by atoms with E-state index in [9.17, 15) is 18.0 Å². The number of nitrogens with one attached hydrogen (secondary N) is 1. The van der Waals surface area contributed by atoms with Gasteiger partial charge in [0.25, 0.3) is 0 Å². The third-order valence-corrected chi connectivity index (χ3v) is 9.12. The minimum atomic E-state index is -3.59. The predicted octanol–water partition coefficient (Wildman–Crippen LogP) is 6.06. The molecule has 0 radical (unpaired) electrons. The Kier molecular flexibility index (Phi) is 12.0. The van der Waals surface area contributed by atoms with Gasteiger partial charge in [-0.25, -0.2) is 8.42 Å². The fourth-order valence-corrected chi connectivity index (χ4v) is 6.00. The lowest BCUT2D eigenvalue weighted by molar-refractivity contribution is -0.141. The van der Waals surface area contributed by atoms with Crippen LogP contribution in [0.2, 0.25) is 5.02 Å². The monoisotopic (exact) mass is 611 g/mol. The second-order valence-electron chi connectivity index (χ2n) is 10.8. The van der Waals surface area contributed by atoms with E-state index >= 15 is 0 Å². The molecule has 42 heavy (non-hydrogen) atoms. The van der Waals surface area contributed by atoms with Crippen LogP contribution in [0.15, 0.2) is 72.8 Å². The number of hydrogen-bond donors (Lipinski definition) is 1. The lowest BCUT2D eigenvalue weighted by Crippen LogP contribution is -2.52. The Labute approximate surface area is 255 Å². The van der Waals surface area contributed by atoms with Gasteiger partial charge in [-0.3, -0.25) is 13.9 Å². The number of benzene rings is 3. The van der Waals surface area contributed by atoms with Gasteiger partial charge >= 0.3 is 0 Å². The molecule has 0 fully saturated rings. The molecule has 2 atom stereocenters. The summed E-state index contributed by atoms with van der Waals surface area (Å²) in [6.07, 6.45) is 2.60. The molecule has 0 aromatic heterocycles. The highest BCUT2D eigenvalue weighted by Gasteiger charge is 2.31. The molecule has 0 aliphatic carbocycles. The Bertz CT molecular complexity index is 1460. The van der Waals surface area contributed by atoms with Crippen LogP contribution in [-0.4, -0.2) is 50.0 Å². The van der Waals surface area contributed by atoms with E-state index in [1.54, 1.807) is 17.0 Å². The van der Waals surface area contributed by atoms with Crippen molar-refractivity contribution in [3.63, 3.8) is 0 Å². The largest absolute Gasteiger partial charge is 0.352 e. The summed E-state index contributed by atoms with van der Waals surface area (Å²) in [5.74, 6) is -0.480. The van der Waals surface area contributed by atoms with Crippen LogP contribution in [-0.2, 0) is 32.6 Å². The van der Waals surface area contributed by atoms with Crippen molar-refractivity contribution in [2.45, 2.75) is 72.0 Å². The van der Waals surface area contributed by atoms with Gasteiger partial charge in [0.05, 0.1) is 11.9 Å². The second kappa shape index (κ2) is 15.2. The van der Waals surface area contributed by atoms with E-state index in [4.69, 9.17) is 11.6 Å². The fourth-order valence-electron chi connectivity index (χ4n) is 4.79. The summed E-state index contributed by atoms with van der Waals surface area (Å²) in [7, 11) is -3.59. The van der Waals surface area contributed by atoms with Crippen LogP contribution in [0.1, 0.15) is 55.4 Å². The molecular weight excluding hydrogens is 570 g/mol. The van der Waals surface area contributed by atoms with E-state index in [1.807, 2.05) is 88.4 Å². The first-order chi connectivity index (χ1) is 19.9. The van der Waals surface area contributed by atoms with E-state index in [0.29, 0.717) is 17.1 Å². The van der Waals surface area contributed by atoms with Gasteiger partial charge in [0.2, 0.25) is 21.8 Å². The summed E-state index contributed by atoms with van der Waals surface area (Å²) < 4.78 is 26.9. The second-order valence-corrected chi connectivity index (χ2v) is 13.1. The van der Waals surface area contributed by atoms with Gasteiger partial charge in [-0.05, 0) is 68.0 Å². The van der Waals surface area contributed by atoms with Crippen molar-refractivity contribution in [2.75, 3.05) is 17.1 Å². The lowest BCUT2D eigenvalue weighted by atomic mass is 10.0. The summed E-state index contributed by atoms with van der Waals surface area (Å²) >= 11 is 6.50. The summed E-state index contributed by atoms with van der Waals surface area (Å²) in [6.45, 7) is 8.04. The highest BCUT2D eigenvalue weighted by atomic mass is 35.5. The van der Waals surface area contributed by atoms with Crippen molar-refractivity contribution in [1.82, 2.24) is 10.2 Å². The lowest BCUT2D eigenvalue weighted by Gasteiger charge is -2.33. The Hall–Kier alpha value is -3.36. The number of hydrogen-bond acceptors (Lipinski definition) is 4. The molecule has 0 aliphatic heterocycles. The van der Waals surface area contributed by atoms with E-state index in [-0.39, 0.29) is 43.8 Å². The molecule has 0 saturated carbocycles. The number of anilines is 1. The van der Waals surface area contributed by atoms with Crippen LogP contribution in [0, 0.1) is 13.8 Å². The van der Waals surface area contributed by atoms with E-state index in [1.165, 1.54) is 10.6 Å². The third kappa shape index (κ3) is 9.07. The quantitative estimate of drug-likeness (QED) is 0.240. The Balaban J connectivity index is 1.92. The van der Waals surface area contributed by atoms with Crippen LogP contribution in [0.5, 0.6) is 0 Å². The number of carbonyl (C=O) groups is 2. The third-order valence-electron chi connectivity index (χ3n) is 7.57. The molecule has 7 nitrogen and oxygen atoms in total. The molecule has 1 N–H and O–H groups in total. The molecular formula is C33H42ClN3O4S. The maximum absolute atomic E-state index is 14.0. The van der Waals surface area contributed by atoms with E-state index in [0.717, 1.165) is 28.7 Å². The smallest absolute Gasteiger partial charge is 0.243 e. The molecule has 3 aromatic rings. The van der Waals surface area contributed by atoms with E-state index in [2.05, 4.69) is 5.32 Å². The van der Waals surface area contributed by atoms with Crippen molar-refractivity contribution in [3.8, 4) is 0 Å². The summed E-state index contributed by atoms with van der Waals surface area (Å²) in [4.78, 5) is 29.2. The molecule has 0 aliphatic rings. The van der Waals surface area contributed by atoms with Crippen LogP contribution in [0.25, 0.3) is 0 Å². The average molecular weight is 612 g/mol. The Morgan fingerprint density at radius 2 is 1.62 bits per heavy atom. The zero-order valence-electron chi connectivity index (χ0n) is 25.1. The van der Waals surface area contributed by atoms with Gasteiger partial charge in [-0.1, -0.05) is 79.2 Å². The molecule has 0 spiro atoms. The number of sulfonamides is 1. The predicted molar refractivity (Wildman–Crippen MR) is 171 cm³/mol. The number of rotatable bonds is 14. The zero-order valence-corrected chi connectivity index (χ0v) is 26.7. The van der Waals surface area contributed by atoms with Crippen molar-refractivity contribution in [1.29, 1.82) is 0 Å². The van der Waals surface area contributed by atoms with Crippen molar-refractivity contribution in [3.05, 3.63) is 100 Å². The van der Waals surface area contributed by atoms with Crippen LogP contribution in [0.4, 0.5) is 5.69 Å². The molecule has 9 heteroatoms. The first kappa shape index (κ1) is 33.1. The van der Waals surface area contributed by atoms with Crippen LogP contribution >= 0.6 is 11.6 Å². The van der Waals surface area contributed by atoms with Crippen LogP contribution in [0.3, 0.4) is 0 Å². The maximum Gasteiger partial charge on any atom is 0.243 e. The first-order valence-corrected chi connectivity index (χ1v) is 16.6. The van der Waals surface area contributed by atoms with Gasteiger partial charge in [0.1, 0.15) is 6.04 Å². The van der Waals surface area contributed by atoms with Crippen molar-refractivity contribution < 1.29 is 18.0 Å². The number of halogens is 1. The average Bonchev–Trinajstić information content (AvgIpc) is 2.95. The highest BCUT2D eigenvalue weighted by Crippen LogP contribution is 2.26. The topological polar surface area (TPSA) is 86.8 Å². The molecule has 0 bridgehead atoms. The Morgan fingerprint density at radius 1 is 0.952 bits per heavy atom. The molecule has 3 rings (SSSR count). The molecule has 0 saturated heterocycles. The number of carbonyl (C=O) groups excluding carboxylic acids is 2. The van der Waals surface area contributed by atoms with Gasteiger partial charge in [-0.2, -0.15) is 0 Å². The molecule has 3 aromatic carbocycles. The number of amides is 2. The maximum atomic E-state index is 14.0. The summed E-state index contributed by atoms with van der Waals surface area (Å²) in [5.41, 5.74) is 4.12. The number of aryl methyl sites for hydroxylation is 1. The first-order valence-electron chi connectivity index (χ1n) is 14.3. The fraction of sp³-hybridized carbons (Fsp3) is 0.394. The molecule has 226 valence electrons. The van der Waals surface area contributed by atoms with Gasteiger partial charge in [0, 0.05) is 37.0 Å². The number of nitrogens with zero attached hydrogens (tertiary/aromatic N) is 2. The highest BCUT2D eigenvalue weighted by molar-refractivity contribution is 7.92. The minimum absolute atomic E-state index is 0.0588. The zero-order chi connectivity index (χ0) is 30.9. The summed E-state index contributed by atoms with van der Waals surface area (Å²) in [6, 6.07) is 21.6. The molecule has 0 heterocycles. The van der Waals surface area contributed by atoms with Gasteiger partial charge in [0.15, 0.2) is 0 Å². The SMILES string of the molecule is CC[C@H](C)NC(=O)[C@@H](Cc1ccccc1)N(Cc1ccccc1Cl)C(=O)CCCN(c1cccc(C)c1C)S(C)(=O)=O. The normalized spacial score (nSPS) is 12.8.